The molecule has 4 aliphatic carbocycles. The zero-order valence-electron chi connectivity index (χ0n) is 27.2. The van der Waals surface area contributed by atoms with Crippen molar-refractivity contribution in [2.45, 2.75) is 111 Å². The number of aromatic nitrogens is 1. The number of rotatable bonds is 6. The molecule has 0 unspecified atom stereocenters. The average Bonchev–Trinajstić information content (AvgIpc) is 3.55. The highest BCUT2D eigenvalue weighted by Gasteiger charge is 2.59. The third-order valence-corrected chi connectivity index (χ3v) is 12.3. The molecule has 0 saturated heterocycles. The minimum absolute atomic E-state index is 0.0680. The maximum atomic E-state index is 14.4. The lowest BCUT2D eigenvalue weighted by molar-refractivity contribution is -0.144. The van der Waals surface area contributed by atoms with Crippen LogP contribution in [0.5, 0.6) is 0 Å². The van der Waals surface area contributed by atoms with E-state index in [0.717, 1.165) is 48.6 Å². The second-order valence-electron chi connectivity index (χ2n) is 16.1. The molecular formula is C37H53N3O3. The number of benzene rings is 1. The molecule has 8 atom stereocenters. The normalized spacial score (nSPS) is 34.5. The fourth-order valence-electron chi connectivity index (χ4n) is 10.2. The monoisotopic (exact) mass is 587 g/mol. The van der Waals surface area contributed by atoms with Crippen LogP contribution in [-0.2, 0) is 16.1 Å². The molecule has 1 heterocycles. The molecule has 1 aromatic heterocycles. The Balaban J connectivity index is 1.22. The number of nitrogens with one attached hydrogen (secondary N) is 2. The number of hydrogen-bond donors (Lipinski definition) is 3. The van der Waals surface area contributed by atoms with Crippen molar-refractivity contribution in [2.75, 3.05) is 6.54 Å². The predicted octanol–water partition coefficient (Wildman–Crippen LogP) is 6.99. The van der Waals surface area contributed by atoms with Gasteiger partial charge in [-0.1, -0.05) is 44.6 Å². The Morgan fingerprint density at radius 3 is 2.65 bits per heavy atom. The molecule has 3 fully saturated rings. The molecule has 4 aliphatic rings. The average molecular weight is 588 g/mol. The summed E-state index contributed by atoms with van der Waals surface area (Å²) in [6.07, 6.45) is 12.9. The van der Waals surface area contributed by atoms with Crippen LogP contribution in [0.25, 0.3) is 10.9 Å². The first-order chi connectivity index (χ1) is 20.3. The van der Waals surface area contributed by atoms with Gasteiger partial charge in [0.25, 0.3) is 0 Å². The number of amides is 2. The molecule has 0 bridgehead atoms. The van der Waals surface area contributed by atoms with Crippen molar-refractivity contribution in [1.82, 2.24) is 15.2 Å². The fourth-order valence-corrected chi connectivity index (χ4v) is 10.2. The molecule has 6 rings (SSSR count). The van der Waals surface area contributed by atoms with E-state index in [1.54, 1.807) is 0 Å². The van der Waals surface area contributed by atoms with E-state index in [-0.39, 0.29) is 46.7 Å². The lowest BCUT2D eigenvalue weighted by Crippen LogP contribution is -2.52. The molecule has 6 nitrogen and oxygen atoms in total. The number of carbonyl (C=O) groups is 2. The first-order valence-corrected chi connectivity index (χ1v) is 16.8. The van der Waals surface area contributed by atoms with Crippen LogP contribution in [0, 0.1) is 40.4 Å². The van der Waals surface area contributed by atoms with E-state index < -0.39 is 0 Å². The molecule has 1 aromatic carbocycles. The Bertz CT molecular complexity index is 1400. The van der Waals surface area contributed by atoms with Crippen LogP contribution >= 0.6 is 0 Å². The van der Waals surface area contributed by atoms with Gasteiger partial charge in [-0.05, 0) is 130 Å². The third-order valence-electron chi connectivity index (χ3n) is 12.3. The van der Waals surface area contributed by atoms with E-state index in [2.05, 4.69) is 55.3 Å². The van der Waals surface area contributed by atoms with Gasteiger partial charge in [-0.25, -0.2) is 0 Å². The predicted molar refractivity (Wildman–Crippen MR) is 172 cm³/mol. The Kier molecular flexibility index (Phi) is 7.84. The number of aliphatic hydroxyl groups is 1. The summed E-state index contributed by atoms with van der Waals surface area (Å²) in [6.45, 7) is 13.5. The van der Waals surface area contributed by atoms with Crippen molar-refractivity contribution >= 4 is 22.7 Å². The molecule has 0 aliphatic heterocycles. The summed E-state index contributed by atoms with van der Waals surface area (Å²) in [6, 6.07) is 8.31. The molecule has 6 heteroatoms. The Morgan fingerprint density at radius 2 is 1.88 bits per heavy atom. The number of aromatic amines is 1. The van der Waals surface area contributed by atoms with Crippen molar-refractivity contribution in [2.24, 2.45) is 40.4 Å². The fraction of sp³-hybridized carbons (Fsp3) is 0.676. The maximum absolute atomic E-state index is 14.4. The van der Waals surface area contributed by atoms with E-state index in [0.29, 0.717) is 30.2 Å². The molecule has 2 aromatic rings. The quantitative estimate of drug-likeness (QED) is 0.319. The lowest BCUT2D eigenvalue weighted by atomic mass is 9.47. The van der Waals surface area contributed by atoms with E-state index in [4.69, 9.17) is 0 Å². The highest BCUT2D eigenvalue weighted by atomic mass is 16.3. The molecule has 3 saturated carbocycles. The molecule has 0 radical (unpaired) electrons. The van der Waals surface area contributed by atoms with Crippen LogP contribution in [-0.4, -0.2) is 45.0 Å². The van der Waals surface area contributed by atoms with Crippen molar-refractivity contribution in [3.05, 3.63) is 47.7 Å². The zero-order chi connectivity index (χ0) is 30.7. The minimum atomic E-state index is -0.354. The first kappa shape index (κ1) is 30.4. The lowest BCUT2D eigenvalue weighted by Gasteiger charge is -2.58. The molecule has 0 spiro atoms. The van der Waals surface area contributed by atoms with E-state index >= 15 is 0 Å². The van der Waals surface area contributed by atoms with Crippen LogP contribution < -0.4 is 5.32 Å². The van der Waals surface area contributed by atoms with Crippen LogP contribution in [0.15, 0.2) is 42.1 Å². The van der Waals surface area contributed by atoms with Gasteiger partial charge in [0, 0.05) is 29.7 Å². The maximum Gasteiger partial charge on any atom is 0.240 e. The number of allylic oxidation sites excluding steroid dienone is 1. The van der Waals surface area contributed by atoms with E-state index in [1.165, 1.54) is 24.8 Å². The Morgan fingerprint density at radius 1 is 1.09 bits per heavy atom. The first-order valence-electron chi connectivity index (χ1n) is 16.8. The SMILES string of the molecule is C[C@H](C(=O)N(CC(=O)NC(C)(C)C)Cc1ccc2cc[nH]c2c1)[C@H]1CC[C@H]2[C@@H]3CC=C4C[C@@H](O)CC[C@]4(C)[C@H]3CC[C@]12C. The highest BCUT2D eigenvalue weighted by Crippen LogP contribution is 2.67. The summed E-state index contributed by atoms with van der Waals surface area (Å²) >= 11 is 0. The molecular weight excluding hydrogens is 534 g/mol. The standard InChI is InChI=1S/C37H53N3O3/c1-23(34(43)40(22-33(42)39-35(2,3)4)21-24-7-8-25-15-18-38-32(25)19-24)29-11-12-30-28-10-9-26-20-27(41)13-16-36(26,5)31(28)14-17-37(29,30)6/h7-9,15,18-19,23,27-31,38,41H,10-14,16-17,20-22H2,1-6H3,(H,39,42)/t23-,27-,28-,29+,30-,31-,36-,37+/m0/s1. The van der Waals surface area contributed by atoms with Crippen LogP contribution in [0.4, 0.5) is 0 Å². The van der Waals surface area contributed by atoms with Crippen LogP contribution in [0.2, 0.25) is 0 Å². The Hall–Kier alpha value is -2.60. The highest BCUT2D eigenvalue weighted by molar-refractivity contribution is 5.86. The van der Waals surface area contributed by atoms with Gasteiger partial charge in [-0.15, -0.1) is 0 Å². The number of nitrogens with zero attached hydrogens (tertiary/aromatic N) is 1. The topological polar surface area (TPSA) is 85.4 Å². The van der Waals surface area contributed by atoms with Gasteiger partial charge < -0.3 is 20.3 Å². The van der Waals surface area contributed by atoms with Gasteiger partial charge in [0.1, 0.15) is 0 Å². The summed E-state index contributed by atoms with van der Waals surface area (Å²) in [5, 5.41) is 14.6. The van der Waals surface area contributed by atoms with Crippen LogP contribution in [0.1, 0.15) is 98.5 Å². The van der Waals surface area contributed by atoms with Crippen molar-refractivity contribution < 1.29 is 14.7 Å². The van der Waals surface area contributed by atoms with Gasteiger partial charge in [0.15, 0.2) is 0 Å². The number of hydrogen-bond acceptors (Lipinski definition) is 3. The molecule has 3 N–H and O–H groups in total. The number of H-pyrrole nitrogens is 1. The summed E-state index contributed by atoms with van der Waals surface area (Å²) < 4.78 is 0. The van der Waals surface area contributed by atoms with E-state index in [9.17, 15) is 14.7 Å². The van der Waals surface area contributed by atoms with Crippen molar-refractivity contribution in [3.8, 4) is 0 Å². The zero-order valence-corrected chi connectivity index (χ0v) is 27.2. The van der Waals surface area contributed by atoms with Gasteiger partial charge in [-0.3, -0.25) is 9.59 Å². The second-order valence-corrected chi connectivity index (χ2v) is 16.1. The second kappa shape index (κ2) is 11.1. The molecule has 234 valence electrons. The summed E-state index contributed by atoms with van der Waals surface area (Å²) in [5.41, 5.74) is 3.59. The Labute approximate surface area is 258 Å². The number of fused-ring (bicyclic) bond motifs is 6. The third kappa shape index (κ3) is 5.58. The molecule has 2 amide bonds. The van der Waals surface area contributed by atoms with Gasteiger partial charge in [0.05, 0.1) is 12.6 Å². The smallest absolute Gasteiger partial charge is 0.240 e. The molecule has 43 heavy (non-hydrogen) atoms. The van der Waals surface area contributed by atoms with Crippen molar-refractivity contribution in [3.63, 3.8) is 0 Å². The van der Waals surface area contributed by atoms with Crippen LogP contribution in [0.3, 0.4) is 0 Å². The number of carbonyl (C=O) groups excluding carboxylic acids is 2. The van der Waals surface area contributed by atoms with Crippen molar-refractivity contribution in [1.29, 1.82) is 0 Å². The minimum Gasteiger partial charge on any atom is -0.393 e. The number of aliphatic hydroxyl groups excluding tert-OH is 1. The van der Waals surface area contributed by atoms with Gasteiger partial charge in [0.2, 0.25) is 11.8 Å². The summed E-state index contributed by atoms with van der Waals surface area (Å²) in [7, 11) is 0. The van der Waals surface area contributed by atoms with Gasteiger partial charge >= 0.3 is 0 Å². The summed E-state index contributed by atoms with van der Waals surface area (Å²) in [4.78, 5) is 32.7. The summed E-state index contributed by atoms with van der Waals surface area (Å²) in [5.74, 6) is 2.14. The van der Waals surface area contributed by atoms with E-state index in [1.807, 2.05) is 37.9 Å². The van der Waals surface area contributed by atoms with Gasteiger partial charge in [-0.2, -0.15) is 0 Å². The largest absolute Gasteiger partial charge is 0.393 e.